The first kappa shape index (κ1) is 25.8. The standard InChI is InChI=1S/C22H23NO12/c1-9(23-19(27)13-7-5-6-8-14(13)20(23)28)31-22-18(34-12(4)26)16(33-11(3)25)15(32-10(2)24)17(35-22)21(29)30/h5-9,15-18,22H,1-4H3,(H,29,30)/t9?,15-,16-,17-,18+,22+/m0/s1. The second-order valence-electron chi connectivity index (χ2n) is 7.75. The van der Waals surface area contributed by atoms with E-state index >= 15 is 0 Å². The molecule has 1 aromatic rings. The summed E-state index contributed by atoms with van der Waals surface area (Å²) in [6, 6.07) is 6.08. The van der Waals surface area contributed by atoms with E-state index < -0.39 is 72.6 Å². The number of carbonyl (C=O) groups is 6. The van der Waals surface area contributed by atoms with Crippen molar-refractivity contribution in [1.29, 1.82) is 0 Å². The van der Waals surface area contributed by atoms with Crippen LogP contribution in [-0.2, 0) is 42.9 Å². The maximum Gasteiger partial charge on any atom is 0.337 e. The summed E-state index contributed by atoms with van der Waals surface area (Å²) in [5, 5.41) is 9.67. The fourth-order valence-corrected chi connectivity index (χ4v) is 3.88. The highest BCUT2D eigenvalue weighted by atomic mass is 16.7. The van der Waals surface area contributed by atoms with Crippen molar-refractivity contribution in [3.63, 3.8) is 0 Å². The van der Waals surface area contributed by atoms with E-state index in [0.717, 1.165) is 25.7 Å². The van der Waals surface area contributed by atoms with Crippen LogP contribution in [0.2, 0.25) is 0 Å². The van der Waals surface area contributed by atoms with E-state index in [9.17, 15) is 33.9 Å². The molecule has 0 aromatic heterocycles. The van der Waals surface area contributed by atoms with Gasteiger partial charge in [0.15, 0.2) is 24.4 Å². The van der Waals surface area contributed by atoms with Gasteiger partial charge in [0.1, 0.15) is 6.23 Å². The van der Waals surface area contributed by atoms with Gasteiger partial charge in [-0.25, -0.2) is 9.69 Å². The Morgan fingerprint density at radius 2 is 1.31 bits per heavy atom. The van der Waals surface area contributed by atoms with Crippen LogP contribution in [-0.4, -0.2) is 82.6 Å². The maximum absolute atomic E-state index is 12.8. The fraction of sp³-hybridized carbons (Fsp3) is 0.455. The van der Waals surface area contributed by atoms with Crippen LogP contribution in [0.1, 0.15) is 48.4 Å². The Bertz CT molecular complexity index is 1030. The van der Waals surface area contributed by atoms with Crippen molar-refractivity contribution >= 4 is 35.7 Å². The first-order valence-corrected chi connectivity index (χ1v) is 10.4. The van der Waals surface area contributed by atoms with Gasteiger partial charge in [-0.3, -0.25) is 24.0 Å². The first-order valence-electron chi connectivity index (χ1n) is 10.4. The molecule has 13 heteroatoms. The molecule has 2 aliphatic rings. The van der Waals surface area contributed by atoms with Crippen molar-refractivity contribution in [3.05, 3.63) is 35.4 Å². The van der Waals surface area contributed by atoms with E-state index in [2.05, 4.69) is 0 Å². The van der Waals surface area contributed by atoms with E-state index in [1.807, 2.05) is 0 Å². The molecule has 0 aliphatic carbocycles. The molecule has 0 saturated carbocycles. The lowest BCUT2D eigenvalue weighted by Gasteiger charge is -2.43. The number of imide groups is 1. The lowest BCUT2D eigenvalue weighted by Crippen LogP contribution is -2.64. The molecule has 0 spiro atoms. The first-order chi connectivity index (χ1) is 16.4. The van der Waals surface area contributed by atoms with Crippen LogP contribution in [0.5, 0.6) is 0 Å². The second-order valence-corrected chi connectivity index (χ2v) is 7.75. The van der Waals surface area contributed by atoms with Crippen LogP contribution in [0.15, 0.2) is 24.3 Å². The van der Waals surface area contributed by atoms with E-state index in [0.29, 0.717) is 0 Å². The molecule has 0 bridgehead atoms. The maximum atomic E-state index is 12.8. The van der Waals surface area contributed by atoms with Crippen molar-refractivity contribution < 1.29 is 57.6 Å². The van der Waals surface area contributed by atoms with Crippen molar-refractivity contribution in [2.75, 3.05) is 0 Å². The molecule has 0 radical (unpaired) electrons. The number of amides is 2. The van der Waals surface area contributed by atoms with Crippen LogP contribution in [0.25, 0.3) is 0 Å². The van der Waals surface area contributed by atoms with Crippen LogP contribution >= 0.6 is 0 Å². The zero-order valence-corrected chi connectivity index (χ0v) is 19.2. The Morgan fingerprint density at radius 1 is 0.857 bits per heavy atom. The minimum Gasteiger partial charge on any atom is -0.479 e. The molecule has 2 aliphatic heterocycles. The molecular weight excluding hydrogens is 470 g/mol. The summed E-state index contributed by atoms with van der Waals surface area (Å²) in [5.74, 6) is -5.63. The Balaban J connectivity index is 1.95. The average Bonchev–Trinajstić information content (AvgIpc) is 3.01. The summed E-state index contributed by atoms with van der Waals surface area (Å²) in [6.07, 6.45) is -9.94. The molecule has 1 fully saturated rings. The Morgan fingerprint density at radius 3 is 1.77 bits per heavy atom. The van der Waals surface area contributed by atoms with Crippen molar-refractivity contribution in [1.82, 2.24) is 4.90 Å². The number of hydrogen-bond acceptors (Lipinski definition) is 11. The van der Waals surface area contributed by atoms with Crippen molar-refractivity contribution in [2.45, 2.75) is 64.6 Å². The van der Waals surface area contributed by atoms with Crippen molar-refractivity contribution in [3.8, 4) is 0 Å². The zero-order chi connectivity index (χ0) is 26.0. The summed E-state index contributed by atoms with van der Waals surface area (Å²) in [5.41, 5.74) is 0.287. The third kappa shape index (κ3) is 5.30. The van der Waals surface area contributed by atoms with Crippen molar-refractivity contribution in [2.24, 2.45) is 0 Å². The van der Waals surface area contributed by atoms with E-state index in [1.54, 1.807) is 12.1 Å². The van der Waals surface area contributed by atoms with Gasteiger partial charge in [0, 0.05) is 20.8 Å². The molecule has 35 heavy (non-hydrogen) atoms. The fourth-order valence-electron chi connectivity index (χ4n) is 3.88. The minimum absolute atomic E-state index is 0.144. The summed E-state index contributed by atoms with van der Waals surface area (Å²) >= 11 is 0. The molecule has 2 amide bonds. The van der Waals surface area contributed by atoms with Crippen LogP contribution in [0.4, 0.5) is 0 Å². The number of fused-ring (bicyclic) bond motifs is 1. The van der Waals surface area contributed by atoms with Crippen LogP contribution < -0.4 is 0 Å². The van der Waals surface area contributed by atoms with Gasteiger partial charge in [-0.2, -0.15) is 0 Å². The monoisotopic (exact) mass is 493 g/mol. The Kier molecular flexibility index (Phi) is 7.51. The quantitative estimate of drug-likeness (QED) is 0.312. The number of esters is 3. The molecular formula is C22H23NO12. The normalized spacial score (nSPS) is 26.5. The third-order valence-electron chi connectivity index (χ3n) is 5.16. The number of rotatable bonds is 7. The molecule has 1 unspecified atom stereocenters. The molecule has 1 saturated heterocycles. The zero-order valence-electron chi connectivity index (χ0n) is 19.2. The molecule has 1 aromatic carbocycles. The number of carbonyl (C=O) groups excluding carboxylic acids is 5. The number of carboxylic acid groups (broad SMARTS) is 1. The summed E-state index contributed by atoms with van der Waals surface area (Å²) in [4.78, 5) is 73.5. The highest BCUT2D eigenvalue weighted by Gasteiger charge is 2.56. The number of ether oxygens (including phenoxy) is 5. The van der Waals surface area contributed by atoms with Gasteiger partial charge >= 0.3 is 23.9 Å². The number of nitrogens with zero attached hydrogens (tertiary/aromatic N) is 1. The summed E-state index contributed by atoms with van der Waals surface area (Å²) in [6.45, 7) is 4.36. The van der Waals surface area contributed by atoms with Gasteiger partial charge in [0.2, 0.25) is 6.29 Å². The molecule has 6 atom stereocenters. The molecule has 188 valence electrons. The largest absolute Gasteiger partial charge is 0.479 e. The van der Waals surface area contributed by atoms with Gasteiger partial charge in [0.25, 0.3) is 11.8 Å². The van der Waals surface area contributed by atoms with Gasteiger partial charge in [-0.05, 0) is 19.1 Å². The number of hydrogen-bond donors (Lipinski definition) is 1. The highest BCUT2D eigenvalue weighted by molar-refractivity contribution is 6.21. The van der Waals surface area contributed by atoms with E-state index in [-0.39, 0.29) is 11.1 Å². The molecule has 13 nitrogen and oxygen atoms in total. The average molecular weight is 493 g/mol. The lowest BCUT2D eigenvalue weighted by molar-refractivity contribution is -0.314. The Labute approximate surface area is 198 Å². The predicted octanol–water partition coefficient (Wildman–Crippen LogP) is 0.250. The topological polar surface area (TPSA) is 172 Å². The smallest absolute Gasteiger partial charge is 0.337 e. The lowest BCUT2D eigenvalue weighted by atomic mass is 9.97. The van der Waals surface area contributed by atoms with Crippen LogP contribution in [0.3, 0.4) is 0 Å². The van der Waals surface area contributed by atoms with Gasteiger partial charge in [-0.1, -0.05) is 12.1 Å². The number of carboxylic acids is 1. The van der Waals surface area contributed by atoms with Crippen LogP contribution in [0, 0.1) is 0 Å². The van der Waals surface area contributed by atoms with Gasteiger partial charge in [0.05, 0.1) is 11.1 Å². The number of benzene rings is 1. The SMILES string of the molecule is CC(=O)O[C@@H]1[C@@H](OC(C)=O)[C@H](OC(C)N2C(=O)c3ccccc3C2=O)O[C@H](C(=O)O)[C@H]1OC(C)=O. The van der Waals surface area contributed by atoms with Gasteiger partial charge < -0.3 is 28.8 Å². The summed E-state index contributed by atoms with van der Waals surface area (Å²) < 4.78 is 26.5. The Hall–Kier alpha value is -3.84. The molecule has 3 rings (SSSR count). The second kappa shape index (κ2) is 10.2. The molecule has 1 N–H and O–H groups in total. The third-order valence-corrected chi connectivity index (χ3v) is 5.16. The van der Waals surface area contributed by atoms with E-state index in [1.165, 1.54) is 19.1 Å². The predicted molar refractivity (Wildman–Crippen MR) is 110 cm³/mol. The van der Waals surface area contributed by atoms with Gasteiger partial charge in [-0.15, -0.1) is 0 Å². The van der Waals surface area contributed by atoms with E-state index in [4.69, 9.17) is 23.7 Å². The highest BCUT2D eigenvalue weighted by Crippen LogP contribution is 2.32. The molecule has 2 heterocycles. The summed E-state index contributed by atoms with van der Waals surface area (Å²) in [7, 11) is 0. The number of aliphatic carboxylic acids is 1. The minimum atomic E-state index is -1.91.